The van der Waals surface area contributed by atoms with Gasteiger partial charge in [-0.1, -0.05) is 113 Å². The lowest BCUT2D eigenvalue weighted by molar-refractivity contribution is 0.653. The summed E-state index contributed by atoms with van der Waals surface area (Å²) in [5.74, 6) is 1.71. The van der Waals surface area contributed by atoms with Crippen LogP contribution in [0, 0.1) is 0 Å². The average molecular weight is 519 g/mol. The van der Waals surface area contributed by atoms with Crippen molar-refractivity contribution in [1.82, 2.24) is 19.3 Å². The van der Waals surface area contributed by atoms with Gasteiger partial charge in [-0.05, 0) is 46.5 Å². The molecular weight excluding hydrogens is 488 g/mol. The Bertz CT molecular complexity index is 2010. The molecule has 0 unspecified atom stereocenters. The van der Waals surface area contributed by atoms with E-state index in [1.165, 1.54) is 44.3 Å². The standard InChI is InChI=1S/C36H30N4/c1-35(2)27-17-9-5-13-23(27)21-29(35)33-37-38-34(40(33)32-22-24-14-6-10-18-28(24)36(32,3)4)39-30-19-11-7-15-25(30)26-16-8-12-20-31(26)39/h5-22H,1-4H3. The zero-order valence-electron chi connectivity index (χ0n) is 23.2. The Morgan fingerprint density at radius 1 is 0.525 bits per heavy atom. The van der Waals surface area contributed by atoms with Crippen molar-refractivity contribution in [3.63, 3.8) is 0 Å². The van der Waals surface area contributed by atoms with Gasteiger partial charge in [0, 0.05) is 32.9 Å². The van der Waals surface area contributed by atoms with E-state index in [9.17, 15) is 0 Å². The summed E-state index contributed by atoms with van der Waals surface area (Å²) in [5, 5.41) is 12.4. The van der Waals surface area contributed by atoms with Crippen molar-refractivity contribution in [3.05, 3.63) is 125 Å². The van der Waals surface area contributed by atoms with Crippen LogP contribution in [0.25, 0.3) is 51.2 Å². The second kappa shape index (κ2) is 7.92. The first-order valence-electron chi connectivity index (χ1n) is 14.0. The Kier molecular flexibility index (Phi) is 4.60. The molecule has 0 spiro atoms. The normalized spacial score (nSPS) is 16.7. The van der Waals surface area contributed by atoms with E-state index in [-0.39, 0.29) is 10.8 Å². The topological polar surface area (TPSA) is 35.6 Å². The highest BCUT2D eigenvalue weighted by Gasteiger charge is 2.41. The van der Waals surface area contributed by atoms with Crippen molar-refractivity contribution in [1.29, 1.82) is 0 Å². The molecular formula is C36H30N4. The van der Waals surface area contributed by atoms with Crippen LogP contribution in [0.1, 0.15) is 55.8 Å². The molecule has 2 aliphatic rings. The average Bonchev–Trinajstić information content (AvgIpc) is 3.67. The SMILES string of the molecule is CC1(C)C(c2nnc(-n3c4ccccc4c4ccccc43)n2C2=Cc3ccccc3C2(C)C)=Cc2ccccc21. The highest BCUT2D eigenvalue weighted by Crippen LogP contribution is 2.50. The van der Waals surface area contributed by atoms with Gasteiger partial charge in [0.1, 0.15) is 0 Å². The lowest BCUT2D eigenvalue weighted by Gasteiger charge is -2.29. The van der Waals surface area contributed by atoms with Crippen molar-refractivity contribution in [2.45, 2.75) is 38.5 Å². The van der Waals surface area contributed by atoms with E-state index in [1.807, 2.05) is 0 Å². The molecule has 6 aromatic rings. The van der Waals surface area contributed by atoms with Crippen molar-refractivity contribution in [2.24, 2.45) is 0 Å². The molecule has 8 rings (SSSR count). The van der Waals surface area contributed by atoms with E-state index in [0.29, 0.717) is 0 Å². The van der Waals surface area contributed by atoms with Gasteiger partial charge in [0.25, 0.3) is 0 Å². The monoisotopic (exact) mass is 518 g/mol. The van der Waals surface area contributed by atoms with Crippen LogP contribution in [-0.2, 0) is 10.8 Å². The van der Waals surface area contributed by atoms with Crippen molar-refractivity contribution >= 4 is 45.2 Å². The van der Waals surface area contributed by atoms with Crippen LogP contribution in [-0.4, -0.2) is 19.3 Å². The molecule has 194 valence electrons. The molecule has 0 fully saturated rings. The number of hydrogen-bond donors (Lipinski definition) is 0. The molecule has 0 saturated carbocycles. The molecule has 0 atom stereocenters. The molecule has 2 aromatic heterocycles. The smallest absolute Gasteiger partial charge is 0.241 e. The molecule has 0 saturated heterocycles. The van der Waals surface area contributed by atoms with Crippen LogP contribution in [0.15, 0.2) is 97.1 Å². The minimum absolute atomic E-state index is 0.213. The van der Waals surface area contributed by atoms with Gasteiger partial charge in [-0.15, -0.1) is 10.2 Å². The fourth-order valence-electron chi connectivity index (χ4n) is 6.97. The zero-order chi connectivity index (χ0) is 27.2. The number of aromatic nitrogens is 4. The molecule has 2 heterocycles. The van der Waals surface area contributed by atoms with Crippen LogP contribution in [0.5, 0.6) is 0 Å². The lowest BCUT2D eigenvalue weighted by Crippen LogP contribution is -2.25. The second-order valence-corrected chi connectivity index (χ2v) is 12.0. The molecule has 0 N–H and O–H groups in total. The first kappa shape index (κ1) is 23.2. The van der Waals surface area contributed by atoms with Gasteiger partial charge in [0.05, 0.1) is 11.0 Å². The summed E-state index contributed by atoms with van der Waals surface area (Å²) >= 11 is 0. The molecule has 40 heavy (non-hydrogen) atoms. The Balaban J connectivity index is 1.47. The maximum absolute atomic E-state index is 5.00. The van der Waals surface area contributed by atoms with Gasteiger partial charge in [0.15, 0.2) is 5.82 Å². The van der Waals surface area contributed by atoms with Crippen LogP contribution < -0.4 is 0 Å². The summed E-state index contributed by atoms with van der Waals surface area (Å²) in [6.45, 7) is 9.22. The molecule has 2 aliphatic carbocycles. The summed E-state index contributed by atoms with van der Waals surface area (Å²) in [7, 11) is 0. The molecule has 4 heteroatoms. The number of rotatable bonds is 3. The van der Waals surface area contributed by atoms with Gasteiger partial charge in [0.2, 0.25) is 5.95 Å². The number of nitrogens with zero attached hydrogens (tertiary/aromatic N) is 4. The Labute approximate surface area is 233 Å². The van der Waals surface area contributed by atoms with E-state index in [0.717, 1.165) is 22.8 Å². The van der Waals surface area contributed by atoms with Crippen LogP contribution in [0.4, 0.5) is 0 Å². The molecule has 0 radical (unpaired) electrons. The van der Waals surface area contributed by atoms with Crippen molar-refractivity contribution < 1.29 is 0 Å². The van der Waals surface area contributed by atoms with E-state index in [2.05, 4.69) is 146 Å². The molecule has 0 aliphatic heterocycles. The number of allylic oxidation sites excluding steroid dienone is 2. The highest BCUT2D eigenvalue weighted by molar-refractivity contribution is 6.09. The first-order valence-corrected chi connectivity index (χ1v) is 14.0. The summed E-state index contributed by atoms with van der Waals surface area (Å²) in [5.41, 5.74) is 9.30. The maximum Gasteiger partial charge on any atom is 0.241 e. The number of fused-ring (bicyclic) bond motifs is 5. The van der Waals surface area contributed by atoms with Crippen molar-refractivity contribution in [2.75, 3.05) is 0 Å². The van der Waals surface area contributed by atoms with Gasteiger partial charge in [-0.2, -0.15) is 0 Å². The van der Waals surface area contributed by atoms with Gasteiger partial charge >= 0.3 is 0 Å². The lowest BCUT2D eigenvalue weighted by atomic mass is 9.80. The second-order valence-electron chi connectivity index (χ2n) is 12.0. The van der Waals surface area contributed by atoms with Gasteiger partial charge in [-0.25, -0.2) is 0 Å². The number of benzene rings is 4. The molecule has 0 amide bonds. The number of hydrogen-bond acceptors (Lipinski definition) is 2. The minimum atomic E-state index is -0.239. The Morgan fingerprint density at radius 3 is 1.65 bits per heavy atom. The van der Waals surface area contributed by atoms with E-state index >= 15 is 0 Å². The predicted molar refractivity (Wildman–Crippen MR) is 165 cm³/mol. The van der Waals surface area contributed by atoms with Crippen LogP contribution in [0.3, 0.4) is 0 Å². The Morgan fingerprint density at radius 2 is 1.05 bits per heavy atom. The summed E-state index contributed by atoms with van der Waals surface area (Å²) in [6.07, 6.45) is 4.64. The predicted octanol–water partition coefficient (Wildman–Crippen LogP) is 8.50. The fourth-order valence-corrected chi connectivity index (χ4v) is 6.97. The first-order chi connectivity index (χ1) is 19.4. The van der Waals surface area contributed by atoms with Crippen LogP contribution >= 0.6 is 0 Å². The van der Waals surface area contributed by atoms with E-state index < -0.39 is 0 Å². The third-order valence-corrected chi connectivity index (χ3v) is 9.08. The third-order valence-electron chi connectivity index (χ3n) is 9.08. The highest BCUT2D eigenvalue weighted by atomic mass is 15.4. The zero-order valence-corrected chi connectivity index (χ0v) is 23.2. The fraction of sp³-hybridized carbons (Fsp3) is 0.167. The van der Waals surface area contributed by atoms with Crippen LogP contribution in [0.2, 0.25) is 0 Å². The summed E-state index contributed by atoms with van der Waals surface area (Å²) in [6, 6.07) is 34.6. The van der Waals surface area contributed by atoms with E-state index in [4.69, 9.17) is 10.2 Å². The third kappa shape index (κ3) is 2.96. The van der Waals surface area contributed by atoms with Gasteiger partial charge in [-0.3, -0.25) is 9.13 Å². The minimum Gasteiger partial charge on any atom is -0.278 e. The quantitative estimate of drug-likeness (QED) is 0.235. The molecule has 0 bridgehead atoms. The molecule has 4 aromatic carbocycles. The number of para-hydroxylation sites is 2. The summed E-state index contributed by atoms with van der Waals surface area (Å²) in [4.78, 5) is 0. The summed E-state index contributed by atoms with van der Waals surface area (Å²) < 4.78 is 4.62. The maximum atomic E-state index is 5.00. The van der Waals surface area contributed by atoms with E-state index in [1.54, 1.807) is 0 Å². The Hall–Kier alpha value is -4.70. The molecule has 4 nitrogen and oxygen atoms in total. The van der Waals surface area contributed by atoms with Gasteiger partial charge < -0.3 is 0 Å². The van der Waals surface area contributed by atoms with Crippen molar-refractivity contribution in [3.8, 4) is 5.95 Å². The largest absolute Gasteiger partial charge is 0.278 e.